The first-order valence-corrected chi connectivity index (χ1v) is 6.72. The van der Waals surface area contributed by atoms with Crippen LogP contribution in [-0.4, -0.2) is 15.3 Å². The Bertz CT molecular complexity index is 669. The number of nitrogens with one attached hydrogen (secondary N) is 1. The molecular formula is C13H13N5S. The molecule has 0 amide bonds. The van der Waals surface area contributed by atoms with Crippen molar-refractivity contribution in [3.63, 3.8) is 0 Å². The van der Waals surface area contributed by atoms with Crippen LogP contribution in [0.25, 0.3) is 4.96 Å². The summed E-state index contributed by atoms with van der Waals surface area (Å²) in [7, 11) is 0. The molecule has 0 bridgehead atoms. The van der Waals surface area contributed by atoms with Crippen LogP contribution < -0.4 is 11.1 Å². The minimum atomic E-state index is 0.391. The van der Waals surface area contributed by atoms with E-state index in [0.717, 1.165) is 16.3 Å². The molecule has 3 N–H and O–H groups in total. The number of hydrogen-bond donors (Lipinski definition) is 2. The Morgan fingerprint density at radius 1 is 1.37 bits per heavy atom. The zero-order valence-corrected chi connectivity index (χ0v) is 11.0. The molecule has 1 aromatic carbocycles. The summed E-state index contributed by atoms with van der Waals surface area (Å²) in [6.45, 7) is 0.472. The lowest BCUT2D eigenvalue weighted by atomic mass is 10.3. The number of aliphatic imine (C=N–C) groups is 1. The van der Waals surface area contributed by atoms with Gasteiger partial charge in [-0.2, -0.15) is 0 Å². The molecule has 19 heavy (non-hydrogen) atoms. The second-order valence-electron chi connectivity index (χ2n) is 4.02. The van der Waals surface area contributed by atoms with Crippen LogP contribution in [0.15, 0.2) is 53.1 Å². The summed E-state index contributed by atoms with van der Waals surface area (Å²) in [4.78, 5) is 9.69. The van der Waals surface area contributed by atoms with Crippen molar-refractivity contribution < 1.29 is 0 Å². The predicted molar refractivity (Wildman–Crippen MR) is 78.5 cm³/mol. The number of guanidine groups is 1. The molecule has 0 aliphatic carbocycles. The lowest BCUT2D eigenvalue weighted by Gasteiger charge is -2.04. The van der Waals surface area contributed by atoms with Gasteiger partial charge in [-0.05, 0) is 12.1 Å². The van der Waals surface area contributed by atoms with E-state index in [0.29, 0.717) is 12.5 Å². The molecule has 0 aliphatic heterocycles. The van der Waals surface area contributed by atoms with E-state index in [1.165, 1.54) is 0 Å². The third-order valence-corrected chi connectivity index (χ3v) is 3.37. The molecule has 5 nitrogen and oxygen atoms in total. The lowest BCUT2D eigenvalue weighted by molar-refractivity contribution is 1.01. The summed E-state index contributed by atoms with van der Waals surface area (Å²) in [5.74, 6) is 0.391. The molecule has 0 radical (unpaired) electrons. The fraction of sp³-hybridized carbons (Fsp3) is 0.0769. The van der Waals surface area contributed by atoms with Gasteiger partial charge in [-0.1, -0.05) is 18.2 Å². The van der Waals surface area contributed by atoms with Gasteiger partial charge in [0.15, 0.2) is 10.9 Å². The Kier molecular flexibility index (Phi) is 3.16. The summed E-state index contributed by atoms with van der Waals surface area (Å²) >= 11 is 1.60. The van der Waals surface area contributed by atoms with Gasteiger partial charge in [0, 0.05) is 23.5 Å². The molecule has 0 spiro atoms. The molecule has 0 saturated carbocycles. The minimum absolute atomic E-state index is 0.391. The molecule has 0 aliphatic rings. The predicted octanol–water partition coefficient (Wildman–Crippen LogP) is 2.32. The van der Waals surface area contributed by atoms with Crippen LogP contribution in [0, 0.1) is 0 Å². The summed E-state index contributed by atoms with van der Waals surface area (Å²) in [6.07, 6.45) is 3.94. The number of imidazole rings is 1. The van der Waals surface area contributed by atoms with Crippen LogP contribution in [0.4, 0.5) is 5.69 Å². The minimum Gasteiger partial charge on any atom is -0.370 e. The standard InChI is InChI=1S/C13H13N5S/c14-12(16-10-4-2-1-3-5-10)15-8-11-9-18-6-7-19-13(18)17-11/h1-7,9H,8H2,(H3,14,15,16). The first kappa shape index (κ1) is 11.7. The quantitative estimate of drug-likeness (QED) is 0.567. The highest BCUT2D eigenvalue weighted by Gasteiger charge is 2.01. The molecule has 3 rings (SSSR count). The normalized spacial score (nSPS) is 11.9. The van der Waals surface area contributed by atoms with Crippen LogP contribution >= 0.6 is 11.3 Å². The average molecular weight is 271 g/mol. The fourth-order valence-corrected chi connectivity index (χ4v) is 2.45. The molecule has 96 valence electrons. The van der Waals surface area contributed by atoms with E-state index < -0.39 is 0 Å². The van der Waals surface area contributed by atoms with Gasteiger partial charge in [-0.15, -0.1) is 11.3 Å². The molecule has 0 unspecified atom stereocenters. The third kappa shape index (κ3) is 2.74. The van der Waals surface area contributed by atoms with Gasteiger partial charge in [0.25, 0.3) is 0 Å². The van der Waals surface area contributed by atoms with E-state index in [1.807, 2.05) is 52.5 Å². The Morgan fingerprint density at radius 2 is 2.21 bits per heavy atom. The molecular weight excluding hydrogens is 258 g/mol. The van der Waals surface area contributed by atoms with Crippen molar-refractivity contribution in [3.05, 3.63) is 53.8 Å². The van der Waals surface area contributed by atoms with Gasteiger partial charge in [-0.3, -0.25) is 4.40 Å². The van der Waals surface area contributed by atoms with Crippen LogP contribution in [0.5, 0.6) is 0 Å². The van der Waals surface area contributed by atoms with E-state index in [9.17, 15) is 0 Å². The number of rotatable bonds is 3. The maximum atomic E-state index is 5.83. The summed E-state index contributed by atoms with van der Waals surface area (Å²) < 4.78 is 1.98. The smallest absolute Gasteiger partial charge is 0.193 e. The Morgan fingerprint density at radius 3 is 3.00 bits per heavy atom. The van der Waals surface area contributed by atoms with Gasteiger partial charge >= 0.3 is 0 Å². The van der Waals surface area contributed by atoms with Gasteiger partial charge in [0.05, 0.1) is 12.2 Å². The average Bonchev–Trinajstić information content (AvgIpc) is 2.98. The molecule has 3 aromatic rings. The Balaban J connectivity index is 1.67. The van der Waals surface area contributed by atoms with E-state index in [-0.39, 0.29) is 0 Å². The van der Waals surface area contributed by atoms with Crippen molar-refractivity contribution in [3.8, 4) is 0 Å². The second-order valence-corrected chi connectivity index (χ2v) is 4.89. The summed E-state index contributed by atoms with van der Waals surface area (Å²) in [6, 6.07) is 9.72. The highest BCUT2D eigenvalue weighted by molar-refractivity contribution is 7.15. The van der Waals surface area contributed by atoms with E-state index >= 15 is 0 Å². The maximum absolute atomic E-state index is 5.83. The van der Waals surface area contributed by atoms with Crippen molar-refractivity contribution in [1.82, 2.24) is 9.38 Å². The Hall–Kier alpha value is -2.34. The number of nitrogens with two attached hydrogens (primary N) is 1. The molecule has 0 saturated heterocycles. The van der Waals surface area contributed by atoms with Crippen molar-refractivity contribution in [1.29, 1.82) is 0 Å². The third-order valence-electron chi connectivity index (χ3n) is 2.60. The van der Waals surface area contributed by atoms with E-state index in [1.54, 1.807) is 11.3 Å². The number of hydrogen-bond acceptors (Lipinski definition) is 3. The Labute approximate surface area is 114 Å². The van der Waals surface area contributed by atoms with Crippen LogP contribution in [0.2, 0.25) is 0 Å². The highest BCUT2D eigenvalue weighted by atomic mass is 32.1. The lowest BCUT2D eigenvalue weighted by Crippen LogP contribution is -2.22. The van der Waals surface area contributed by atoms with Gasteiger partial charge in [0.2, 0.25) is 0 Å². The SMILES string of the molecule is NC(=NCc1cn2ccsc2n1)Nc1ccccc1. The number of fused-ring (bicyclic) bond motifs is 1. The topological polar surface area (TPSA) is 67.7 Å². The fourth-order valence-electron chi connectivity index (χ4n) is 1.73. The summed E-state index contributed by atoms with van der Waals surface area (Å²) in [5.41, 5.74) is 7.66. The number of aromatic nitrogens is 2. The zero-order valence-electron chi connectivity index (χ0n) is 10.2. The molecule has 6 heteroatoms. The van der Waals surface area contributed by atoms with Gasteiger partial charge < -0.3 is 11.1 Å². The number of thiazole rings is 1. The highest BCUT2D eigenvalue weighted by Crippen LogP contribution is 2.12. The first-order chi connectivity index (χ1) is 9.31. The van der Waals surface area contributed by atoms with Crippen molar-refractivity contribution in [2.45, 2.75) is 6.54 Å². The van der Waals surface area contributed by atoms with Crippen LogP contribution in [-0.2, 0) is 6.54 Å². The first-order valence-electron chi connectivity index (χ1n) is 5.84. The van der Waals surface area contributed by atoms with Crippen LogP contribution in [0.1, 0.15) is 5.69 Å². The van der Waals surface area contributed by atoms with Crippen molar-refractivity contribution in [2.24, 2.45) is 10.7 Å². The number of nitrogens with zero attached hydrogens (tertiary/aromatic N) is 3. The largest absolute Gasteiger partial charge is 0.370 e. The number of anilines is 1. The monoisotopic (exact) mass is 271 g/mol. The van der Waals surface area contributed by atoms with E-state index in [4.69, 9.17) is 5.73 Å². The molecule has 2 aromatic heterocycles. The molecule has 0 atom stereocenters. The van der Waals surface area contributed by atoms with Gasteiger partial charge in [-0.25, -0.2) is 9.98 Å². The zero-order chi connectivity index (χ0) is 13.1. The van der Waals surface area contributed by atoms with Crippen LogP contribution in [0.3, 0.4) is 0 Å². The maximum Gasteiger partial charge on any atom is 0.193 e. The number of benzene rings is 1. The van der Waals surface area contributed by atoms with Crippen molar-refractivity contribution >= 4 is 27.9 Å². The van der Waals surface area contributed by atoms with E-state index in [2.05, 4.69) is 15.3 Å². The van der Waals surface area contributed by atoms with Gasteiger partial charge in [0.1, 0.15) is 0 Å². The second kappa shape index (κ2) is 5.11. The molecule has 2 heterocycles. The number of para-hydroxylation sites is 1. The molecule has 0 fully saturated rings. The van der Waals surface area contributed by atoms with Crippen molar-refractivity contribution in [2.75, 3.05) is 5.32 Å². The summed E-state index contributed by atoms with van der Waals surface area (Å²) in [5, 5.41) is 5.04.